The summed E-state index contributed by atoms with van der Waals surface area (Å²) in [5, 5.41) is 8.94. The van der Waals surface area contributed by atoms with E-state index in [2.05, 4.69) is 33.4 Å². The van der Waals surface area contributed by atoms with Gasteiger partial charge in [0.25, 0.3) is 11.5 Å². The largest absolute Gasteiger partial charge is 0.358 e. The number of nitrogens with one attached hydrogen (secondary N) is 3. The fourth-order valence-corrected chi connectivity index (χ4v) is 3.90. The second-order valence-corrected chi connectivity index (χ2v) is 7.14. The van der Waals surface area contributed by atoms with Crippen molar-refractivity contribution in [3.63, 3.8) is 0 Å². The molecule has 8 heteroatoms. The van der Waals surface area contributed by atoms with E-state index in [9.17, 15) is 9.59 Å². The van der Waals surface area contributed by atoms with Gasteiger partial charge in [-0.2, -0.15) is 5.10 Å². The Kier molecular flexibility index (Phi) is 4.42. The van der Waals surface area contributed by atoms with Crippen molar-refractivity contribution in [2.45, 2.75) is 25.4 Å². The van der Waals surface area contributed by atoms with Crippen LogP contribution >= 0.6 is 12.2 Å². The van der Waals surface area contributed by atoms with E-state index in [1.54, 1.807) is 18.3 Å². The summed E-state index contributed by atoms with van der Waals surface area (Å²) in [7, 11) is 0. The van der Waals surface area contributed by atoms with Crippen LogP contribution in [0, 0.1) is 11.8 Å². The predicted octanol–water partition coefficient (Wildman–Crippen LogP) is 0.856. The fourth-order valence-electron chi connectivity index (χ4n) is 3.69. The Hall–Kier alpha value is -2.74. The van der Waals surface area contributed by atoms with Crippen LogP contribution in [0.5, 0.6) is 0 Å². The first kappa shape index (κ1) is 16.7. The zero-order chi connectivity index (χ0) is 18.1. The van der Waals surface area contributed by atoms with E-state index in [-0.39, 0.29) is 12.1 Å². The number of hydrogen-bond donors (Lipinski definition) is 3. The molecule has 0 unspecified atom stereocenters. The third-order valence-corrected chi connectivity index (χ3v) is 5.19. The predicted molar refractivity (Wildman–Crippen MR) is 102 cm³/mol. The Morgan fingerprint density at radius 3 is 2.85 bits per heavy atom. The molecule has 2 aromatic rings. The number of hydrazine groups is 1. The van der Waals surface area contributed by atoms with Gasteiger partial charge in [-0.25, -0.2) is 4.68 Å². The molecule has 3 N–H and O–H groups in total. The maximum absolute atomic E-state index is 12.4. The van der Waals surface area contributed by atoms with Crippen LogP contribution in [0.15, 0.2) is 47.4 Å². The number of nitrogens with zero attached hydrogens (tertiary/aromatic N) is 2. The molecule has 1 amide bonds. The molecule has 1 saturated carbocycles. The van der Waals surface area contributed by atoms with E-state index in [4.69, 9.17) is 12.2 Å². The number of fused-ring (bicyclic) bond motifs is 3. The number of carbonyl (C=O) groups excluding carboxylic acids is 1. The number of aromatic nitrogens is 2. The van der Waals surface area contributed by atoms with Gasteiger partial charge in [-0.15, -0.1) is 0 Å². The zero-order valence-electron chi connectivity index (χ0n) is 14.0. The lowest BCUT2D eigenvalue weighted by Crippen LogP contribution is -2.51. The van der Waals surface area contributed by atoms with E-state index < -0.39 is 5.91 Å². The third-order valence-electron chi connectivity index (χ3n) is 4.97. The highest BCUT2D eigenvalue weighted by Crippen LogP contribution is 2.38. The molecule has 1 fully saturated rings. The first-order chi connectivity index (χ1) is 12.6. The number of hydrogen-bond acceptors (Lipinski definition) is 4. The third kappa shape index (κ3) is 3.32. The van der Waals surface area contributed by atoms with Crippen molar-refractivity contribution >= 4 is 34.0 Å². The summed E-state index contributed by atoms with van der Waals surface area (Å²) in [6.45, 7) is -0.184. The molecule has 0 aliphatic heterocycles. The van der Waals surface area contributed by atoms with Crippen molar-refractivity contribution < 1.29 is 4.79 Å². The van der Waals surface area contributed by atoms with Crippen molar-refractivity contribution in [2.75, 3.05) is 0 Å². The summed E-state index contributed by atoms with van der Waals surface area (Å²) in [6, 6.07) is 7.46. The van der Waals surface area contributed by atoms with E-state index in [0.717, 1.165) is 16.5 Å². The van der Waals surface area contributed by atoms with E-state index >= 15 is 0 Å². The molecule has 0 radical (unpaired) electrons. The Balaban J connectivity index is 1.31. The van der Waals surface area contributed by atoms with Crippen LogP contribution in [-0.2, 0) is 11.3 Å². The molecule has 0 spiro atoms. The zero-order valence-corrected chi connectivity index (χ0v) is 14.8. The van der Waals surface area contributed by atoms with Gasteiger partial charge in [-0.1, -0.05) is 30.4 Å². The van der Waals surface area contributed by atoms with Crippen molar-refractivity contribution in [1.29, 1.82) is 0 Å². The van der Waals surface area contributed by atoms with E-state index in [1.165, 1.54) is 6.42 Å². The molecule has 134 valence electrons. The van der Waals surface area contributed by atoms with Gasteiger partial charge in [-0.05, 0) is 43.0 Å². The molecule has 4 rings (SSSR count). The Morgan fingerprint density at radius 2 is 2.08 bits per heavy atom. The topological polar surface area (TPSA) is 88.0 Å². The summed E-state index contributed by atoms with van der Waals surface area (Å²) >= 11 is 5.23. The molecule has 2 aliphatic rings. The van der Waals surface area contributed by atoms with Gasteiger partial charge in [0.2, 0.25) is 0 Å². The molecule has 1 heterocycles. The van der Waals surface area contributed by atoms with E-state index in [0.29, 0.717) is 28.4 Å². The van der Waals surface area contributed by atoms with Crippen LogP contribution in [0.4, 0.5) is 0 Å². The van der Waals surface area contributed by atoms with Crippen LogP contribution in [0.1, 0.15) is 12.8 Å². The Bertz CT molecular complexity index is 954. The van der Waals surface area contributed by atoms with Gasteiger partial charge >= 0.3 is 0 Å². The monoisotopic (exact) mass is 369 g/mol. The van der Waals surface area contributed by atoms with Gasteiger partial charge in [0, 0.05) is 11.4 Å². The number of rotatable bonds is 3. The summed E-state index contributed by atoms with van der Waals surface area (Å²) in [4.78, 5) is 24.5. The van der Waals surface area contributed by atoms with Gasteiger partial charge in [0.15, 0.2) is 5.11 Å². The highest BCUT2D eigenvalue weighted by atomic mass is 32.1. The SMILES string of the molecule is O=C(Cn1ncc2ccccc2c1=O)NNC(=S)N[C@@H]1C[C@H]2C=C[C@@H]1C2. The molecule has 3 atom stereocenters. The summed E-state index contributed by atoms with van der Waals surface area (Å²) < 4.78 is 1.14. The van der Waals surface area contributed by atoms with Crippen LogP contribution in [0.3, 0.4) is 0 Å². The quantitative estimate of drug-likeness (QED) is 0.423. The van der Waals surface area contributed by atoms with Crippen molar-refractivity contribution in [2.24, 2.45) is 11.8 Å². The van der Waals surface area contributed by atoms with Crippen LogP contribution in [0.25, 0.3) is 10.8 Å². The summed E-state index contributed by atoms with van der Waals surface area (Å²) in [5.74, 6) is 0.753. The Morgan fingerprint density at radius 1 is 1.23 bits per heavy atom. The smallest absolute Gasteiger partial charge is 0.275 e. The summed E-state index contributed by atoms with van der Waals surface area (Å²) in [5.41, 5.74) is 4.91. The molecule has 0 saturated heterocycles. The standard InChI is InChI=1S/C18H19N5O2S/c24-16(10-23-17(25)14-4-2-1-3-13(14)9-19-23)21-22-18(26)20-15-8-11-5-6-12(15)7-11/h1-6,9,11-12,15H,7-8,10H2,(H,21,24)(H2,20,22,26)/t11-,12+,15+/m0/s1. The lowest BCUT2D eigenvalue weighted by molar-refractivity contribution is -0.122. The van der Waals surface area contributed by atoms with Crippen LogP contribution in [0.2, 0.25) is 0 Å². The minimum atomic E-state index is -0.396. The minimum Gasteiger partial charge on any atom is -0.358 e. The maximum Gasteiger partial charge on any atom is 0.275 e. The molecule has 7 nitrogen and oxygen atoms in total. The molecular weight excluding hydrogens is 350 g/mol. The lowest BCUT2D eigenvalue weighted by atomic mass is 10.0. The van der Waals surface area contributed by atoms with Gasteiger partial charge in [-0.3, -0.25) is 20.4 Å². The van der Waals surface area contributed by atoms with Gasteiger partial charge in [0.05, 0.1) is 11.6 Å². The highest BCUT2D eigenvalue weighted by Gasteiger charge is 2.35. The van der Waals surface area contributed by atoms with Crippen LogP contribution in [-0.4, -0.2) is 26.8 Å². The van der Waals surface area contributed by atoms with Crippen molar-refractivity contribution in [3.05, 3.63) is 53.0 Å². The number of allylic oxidation sites excluding steroid dienone is 1. The fraction of sp³-hybridized carbons (Fsp3) is 0.333. The normalized spacial score (nSPS) is 23.2. The molecular formula is C18H19N5O2S. The number of carbonyl (C=O) groups is 1. The van der Waals surface area contributed by atoms with Crippen molar-refractivity contribution in [1.82, 2.24) is 25.9 Å². The average Bonchev–Trinajstić information content (AvgIpc) is 3.26. The summed E-state index contributed by atoms with van der Waals surface area (Å²) in [6.07, 6.45) is 8.29. The average molecular weight is 369 g/mol. The van der Waals surface area contributed by atoms with E-state index in [1.807, 2.05) is 12.1 Å². The van der Waals surface area contributed by atoms with Crippen LogP contribution < -0.4 is 21.7 Å². The second-order valence-electron chi connectivity index (χ2n) is 6.73. The number of amides is 1. The minimum absolute atomic E-state index is 0.184. The Labute approximate surface area is 155 Å². The second kappa shape index (κ2) is 6.87. The van der Waals surface area contributed by atoms with Crippen molar-refractivity contribution in [3.8, 4) is 0 Å². The molecule has 26 heavy (non-hydrogen) atoms. The first-order valence-corrected chi connectivity index (χ1v) is 8.99. The van der Waals surface area contributed by atoms with Gasteiger partial charge < -0.3 is 5.32 Å². The lowest BCUT2D eigenvalue weighted by Gasteiger charge is -2.22. The first-order valence-electron chi connectivity index (χ1n) is 8.58. The number of thiocarbonyl (C=S) groups is 1. The molecule has 1 aromatic heterocycles. The number of benzene rings is 1. The molecule has 2 bridgehead atoms. The molecule has 1 aromatic carbocycles. The van der Waals surface area contributed by atoms with Gasteiger partial charge in [0.1, 0.15) is 6.54 Å². The highest BCUT2D eigenvalue weighted by molar-refractivity contribution is 7.80. The molecule has 2 aliphatic carbocycles. The maximum atomic E-state index is 12.4.